The average molecular weight is 366 g/mol. The van der Waals surface area contributed by atoms with Gasteiger partial charge in [0.2, 0.25) is 0 Å². The Morgan fingerprint density at radius 3 is 2.62 bits per heavy atom. The van der Waals surface area contributed by atoms with Gasteiger partial charge in [0.25, 0.3) is 11.8 Å². The molecule has 0 saturated carbocycles. The second-order valence-corrected chi connectivity index (χ2v) is 6.54. The largest absolute Gasteiger partial charge is 0.352 e. The molecule has 0 bridgehead atoms. The second kappa shape index (κ2) is 8.28. The van der Waals surface area contributed by atoms with Crippen molar-refractivity contribution in [3.05, 3.63) is 52.2 Å². The smallest absolute Gasteiger partial charge is 0.268 e. The lowest BCUT2D eigenvalue weighted by molar-refractivity contribution is 0.0943. The van der Waals surface area contributed by atoms with E-state index >= 15 is 0 Å². The van der Waals surface area contributed by atoms with E-state index in [1.807, 2.05) is 23.6 Å². The summed E-state index contributed by atoms with van der Waals surface area (Å²) >= 11 is 1.39. The van der Waals surface area contributed by atoms with Gasteiger partial charge in [0.15, 0.2) is 0 Å². The predicted octanol–water partition coefficient (Wildman–Crippen LogP) is 2.40. The Balaban J connectivity index is 0.00000208. The molecule has 1 aliphatic heterocycles. The lowest BCUT2D eigenvalue weighted by Gasteiger charge is -2.27. The van der Waals surface area contributed by atoms with Gasteiger partial charge in [0, 0.05) is 32.6 Å². The summed E-state index contributed by atoms with van der Waals surface area (Å²) in [4.78, 5) is 27.1. The van der Waals surface area contributed by atoms with Crippen molar-refractivity contribution >= 4 is 41.2 Å². The van der Waals surface area contributed by atoms with Crippen LogP contribution >= 0.6 is 23.7 Å². The van der Waals surface area contributed by atoms with Crippen molar-refractivity contribution < 1.29 is 9.59 Å². The molecule has 0 radical (unpaired) electrons. The summed E-state index contributed by atoms with van der Waals surface area (Å²) in [5, 5.41) is 8.00. The fourth-order valence-electron chi connectivity index (χ4n) is 2.46. The van der Waals surface area contributed by atoms with Crippen molar-refractivity contribution in [3.8, 4) is 0 Å². The first-order chi connectivity index (χ1) is 11.2. The molecule has 0 atom stereocenters. The zero-order chi connectivity index (χ0) is 16.2. The molecule has 3 rings (SSSR count). The maximum Gasteiger partial charge on any atom is 0.268 e. The molecule has 7 heteroatoms. The molecule has 24 heavy (non-hydrogen) atoms. The molecule has 2 amide bonds. The third-order valence-corrected chi connectivity index (χ3v) is 4.82. The number of nitrogens with zero attached hydrogens (tertiary/aromatic N) is 1. The molecule has 5 nitrogen and oxygen atoms in total. The quantitative estimate of drug-likeness (QED) is 0.855. The maximum atomic E-state index is 12.5. The number of thiophene rings is 1. The van der Waals surface area contributed by atoms with E-state index in [-0.39, 0.29) is 24.2 Å². The minimum Gasteiger partial charge on any atom is -0.352 e. The molecular formula is C17H20ClN3O2S. The number of hydrogen-bond donors (Lipinski definition) is 2. The highest BCUT2D eigenvalue weighted by Crippen LogP contribution is 2.22. The molecular weight excluding hydrogens is 346 g/mol. The van der Waals surface area contributed by atoms with Gasteiger partial charge in [-0.1, -0.05) is 18.2 Å². The van der Waals surface area contributed by atoms with Crippen molar-refractivity contribution in [3.63, 3.8) is 0 Å². The number of carbonyl (C=O) groups is 2. The predicted molar refractivity (Wildman–Crippen MR) is 99.4 cm³/mol. The van der Waals surface area contributed by atoms with E-state index in [9.17, 15) is 9.59 Å². The molecule has 1 fully saturated rings. The Morgan fingerprint density at radius 2 is 2.00 bits per heavy atom. The highest BCUT2D eigenvalue weighted by molar-refractivity contribution is 7.12. The first kappa shape index (κ1) is 18.4. The minimum atomic E-state index is -0.140. The van der Waals surface area contributed by atoms with Crippen molar-refractivity contribution in [1.82, 2.24) is 10.6 Å². The minimum absolute atomic E-state index is 0. The van der Waals surface area contributed by atoms with Gasteiger partial charge in [-0.05, 0) is 23.6 Å². The van der Waals surface area contributed by atoms with Gasteiger partial charge in [-0.3, -0.25) is 9.59 Å². The fraction of sp³-hybridized carbons (Fsp3) is 0.294. The number of rotatable bonds is 5. The number of benzene rings is 1. The Hall–Kier alpha value is -1.89. The van der Waals surface area contributed by atoms with Crippen LogP contribution in [-0.2, 0) is 0 Å². The number of hydrogen-bond acceptors (Lipinski definition) is 4. The summed E-state index contributed by atoms with van der Waals surface area (Å²) in [7, 11) is 1.70. The maximum absolute atomic E-state index is 12.5. The van der Waals surface area contributed by atoms with Gasteiger partial charge < -0.3 is 15.5 Å². The first-order valence-electron chi connectivity index (χ1n) is 7.56. The number of halogens is 1. The van der Waals surface area contributed by atoms with E-state index in [0.717, 1.165) is 13.1 Å². The molecule has 1 aromatic heterocycles. The van der Waals surface area contributed by atoms with Gasteiger partial charge in [0.1, 0.15) is 0 Å². The summed E-state index contributed by atoms with van der Waals surface area (Å²) in [6, 6.07) is 10.8. The number of nitrogens with one attached hydrogen (secondary N) is 2. The van der Waals surface area contributed by atoms with Crippen LogP contribution < -0.4 is 15.5 Å². The molecule has 2 N–H and O–H groups in total. The molecule has 1 aliphatic rings. The van der Waals surface area contributed by atoms with Crippen molar-refractivity contribution in [2.45, 2.75) is 0 Å². The van der Waals surface area contributed by atoms with E-state index < -0.39 is 0 Å². The van der Waals surface area contributed by atoms with Crippen LogP contribution in [0.2, 0.25) is 0 Å². The Bertz CT molecular complexity index is 702. The fourth-order valence-corrected chi connectivity index (χ4v) is 3.16. The van der Waals surface area contributed by atoms with Crippen molar-refractivity contribution in [1.29, 1.82) is 0 Å². The molecule has 2 heterocycles. The molecule has 0 unspecified atom stereocenters. The summed E-state index contributed by atoms with van der Waals surface area (Å²) in [5.41, 5.74) is 1.14. The molecule has 1 aromatic carbocycles. The third kappa shape index (κ3) is 3.95. The molecule has 0 aliphatic carbocycles. The van der Waals surface area contributed by atoms with Crippen LogP contribution in [0.25, 0.3) is 0 Å². The van der Waals surface area contributed by atoms with Crippen molar-refractivity contribution in [2.75, 3.05) is 31.6 Å². The molecule has 128 valence electrons. The second-order valence-electron chi connectivity index (χ2n) is 5.59. The van der Waals surface area contributed by atoms with E-state index in [2.05, 4.69) is 10.6 Å². The van der Waals surface area contributed by atoms with Gasteiger partial charge in [0.05, 0.1) is 16.1 Å². The van der Waals surface area contributed by atoms with Crippen LogP contribution in [0.4, 0.5) is 5.69 Å². The first-order valence-corrected chi connectivity index (χ1v) is 8.44. The lowest BCUT2D eigenvalue weighted by Crippen LogP contribution is -2.48. The molecule has 0 spiro atoms. The van der Waals surface area contributed by atoms with Crippen molar-refractivity contribution in [2.24, 2.45) is 5.92 Å². The number of para-hydroxylation sites is 1. The normalized spacial score (nSPS) is 13.5. The topological polar surface area (TPSA) is 61.4 Å². The van der Waals surface area contributed by atoms with E-state index in [1.165, 1.54) is 16.2 Å². The number of anilines is 1. The average Bonchev–Trinajstić information content (AvgIpc) is 3.06. The Labute approximate surface area is 151 Å². The summed E-state index contributed by atoms with van der Waals surface area (Å²) < 4.78 is 0. The third-order valence-electron chi connectivity index (χ3n) is 3.96. The van der Waals surface area contributed by atoms with Crippen LogP contribution in [-0.4, -0.2) is 38.5 Å². The Morgan fingerprint density at radius 1 is 1.25 bits per heavy atom. The van der Waals surface area contributed by atoms with Crippen LogP contribution in [0, 0.1) is 5.92 Å². The number of carbonyl (C=O) groups excluding carboxylic acids is 2. The van der Waals surface area contributed by atoms with E-state index in [0.29, 0.717) is 28.6 Å². The van der Waals surface area contributed by atoms with Gasteiger partial charge in [-0.2, -0.15) is 0 Å². The Kier molecular flexibility index (Phi) is 6.36. The van der Waals surface area contributed by atoms with Gasteiger partial charge >= 0.3 is 0 Å². The van der Waals surface area contributed by atoms with E-state index in [4.69, 9.17) is 0 Å². The lowest BCUT2D eigenvalue weighted by atomic mass is 10.0. The van der Waals surface area contributed by atoms with E-state index in [1.54, 1.807) is 25.2 Å². The standard InChI is InChI=1S/C17H19N3O2S.ClH/c1-20(17(22)15-7-4-8-23-15)14-6-3-2-5-13(14)16(21)19-11-12-9-18-10-12;/h2-8,12,18H,9-11H2,1H3,(H,19,21);1H. The van der Waals surface area contributed by atoms with Crippen LogP contribution in [0.3, 0.4) is 0 Å². The van der Waals surface area contributed by atoms with Crippen LogP contribution in [0.1, 0.15) is 20.0 Å². The zero-order valence-electron chi connectivity index (χ0n) is 13.3. The van der Waals surface area contributed by atoms with Gasteiger partial charge in [-0.25, -0.2) is 0 Å². The summed E-state index contributed by atoms with van der Waals surface area (Å²) in [5.74, 6) is 0.248. The van der Waals surface area contributed by atoms with Gasteiger partial charge in [-0.15, -0.1) is 23.7 Å². The summed E-state index contributed by atoms with van der Waals surface area (Å²) in [6.45, 7) is 2.54. The number of amides is 2. The molecule has 2 aromatic rings. The highest BCUT2D eigenvalue weighted by atomic mass is 35.5. The highest BCUT2D eigenvalue weighted by Gasteiger charge is 2.22. The monoisotopic (exact) mass is 365 g/mol. The molecule has 1 saturated heterocycles. The van der Waals surface area contributed by atoms with Crippen LogP contribution in [0.15, 0.2) is 41.8 Å². The SMILES string of the molecule is CN(C(=O)c1cccs1)c1ccccc1C(=O)NCC1CNC1.Cl. The van der Waals surface area contributed by atoms with Crippen LogP contribution in [0.5, 0.6) is 0 Å². The zero-order valence-corrected chi connectivity index (χ0v) is 15.0. The summed E-state index contributed by atoms with van der Waals surface area (Å²) in [6.07, 6.45) is 0.